The Morgan fingerprint density at radius 2 is 1.81 bits per heavy atom. The molecule has 0 spiro atoms. The third kappa shape index (κ3) is 4.42. The molecule has 130 valence electrons. The van der Waals surface area contributed by atoms with E-state index >= 15 is 0 Å². The number of hydrogen-bond donors (Lipinski definition) is 3. The van der Waals surface area contributed by atoms with Crippen LogP contribution < -0.4 is 16.4 Å². The smallest absolute Gasteiger partial charge is 0.292 e. The Kier molecular flexibility index (Phi) is 5.63. The molecule has 0 saturated carbocycles. The monoisotopic (exact) mass is 351 g/mol. The first-order valence-electron chi connectivity index (χ1n) is 7.24. The average molecular weight is 351 g/mol. The second-order valence-corrected chi connectivity index (χ2v) is 4.98. The van der Waals surface area contributed by atoms with Gasteiger partial charge >= 0.3 is 0 Å². The van der Waals surface area contributed by atoms with Crippen molar-refractivity contribution in [2.45, 2.75) is 0 Å². The van der Waals surface area contributed by atoms with Crippen LogP contribution in [0.4, 0.5) is 17.1 Å². The minimum absolute atomic E-state index is 0.0190. The second kappa shape index (κ2) is 8.07. The summed E-state index contributed by atoms with van der Waals surface area (Å²) in [4.78, 5) is 33.5. The molecular formula is C17H13N5O4. The molecule has 0 bridgehead atoms. The average Bonchev–Trinajstić information content (AvgIpc) is 2.63. The van der Waals surface area contributed by atoms with E-state index in [1.165, 1.54) is 36.4 Å². The van der Waals surface area contributed by atoms with E-state index in [2.05, 4.69) is 10.6 Å². The number of nitro benzene ring substituents is 1. The number of nitro groups is 1. The molecule has 2 aromatic rings. The van der Waals surface area contributed by atoms with Crippen molar-refractivity contribution in [3.05, 3.63) is 76.0 Å². The number of rotatable bonds is 6. The van der Waals surface area contributed by atoms with Crippen LogP contribution in [0.15, 0.2) is 60.3 Å². The van der Waals surface area contributed by atoms with Gasteiger partial charge in [0.1, 0.15) is 17.3 Å². The number of carbonyl (C=O) groups excluding carboxylic acids is 2. The molecule has 0 heterocycles. The van der Waals surface area contributed by atoms with Crippen molar-refractivity contribution >= 4 is 28.9 Å². The van der Waals surface area contributed by atoms with E-state index in [1.54, 1.807) is 18.2 Å². The van der Waals surface area contributed by atoms with Gasteiger partial charge in [-0.1, -0.05) is 12.1 Å². The Morgan fingerprint density at radius 3 is 2.38 bits per heavy atom. The third-order valence-electron chi connectivity index (χ3n) is 3.27. The fourth-order valence-electron chi connectivity index (χ4n) is 1.96. The fourth-order valence-corrected chi connectivity index (χ4v) is 1.96. The van der Waals surface area contributed by atoms with Gasteiger partial charge in [0.2, 0.25) is 5.91 Å². The number of primary amides is 1. The summed E-state index contributed by atoms with van der Waals surface area (Å²) in [5, 5.41) is 25.2. The highest BCUT2D eigenvalue weighted by molar-refractivity contribution is 6.07. The van der Waals surface area contributed by atoms with Crippen molar-refractivity contribution in [1.82, 2.24) is 0 Å². The summed E-state index contributed by atoms with van der Waals surface area (Å²) in [6.45, 7) is 0. The van der Waals surface area contributed by atoms with Gasteiger partial charge in [0.15, 0.2) is 0 Å². The molecule has 26 heavy (non-hydrogen) atoms. The molecule has 0 radical (unpaired) electrons. The number of hydrogen-bond acceptors (Lipinski definition) is 6. The zero-order valence-electron chi connectivity index (χ0n) is 13.3. The van der Waals surface area contributed by atoms with Gasteiger partial charge in [0.25, 0.3) is 11.6 Å². The van der Waals surface area contributed by atoms with Gasteiger partial charge in [-0.2, -0.15) is 5.26 Å². The SMILES string of the molecule is N#C/C(=C/Nc1ccc(C(N)=O)cc1)C(=O)Nc1ccccc1[N+](=O)[O-]. The maximum Gasteiger partial charge on any atom is 0.292 e. The molecular weight excluding hydrogens is 338 g/mol. The van der Waals surface area contributed by atoms with Gasteiger partial charge in [-0.25, -0.2) is 0 Å². The predicted octanol–water partition coefficient (Wildman–Crippen LogP) is 2.15. The van der Waals surface area contributed by atoms with Gasteiger partial charge in [-0.05, 0) is 30.3 Å². The number of nitrogens with one attached hydrogen (secondary N) is 2. The lowest BCUT2D eigenvalue weighted by atomic mass is 10.2. The molecule has 2 amide bonds. The van der Waals surface area contributed by atoms with E-state index in [9.17, 15) is 19.7 Å². The van der Waals surface area contributed by atoms with Crippen molar-refractivity contribution in [2.24, 2.45) is 5.73 Å². The highest BCUT2D eigenvalue weighted by atomic mass is 16.6. The van der Waals surface area contributed by atoms with Gasteiger partial charge < -0.3 is 16.4 Å². The Hall–Kier alpha value is -4.19. The van der Waals surface area contributed by atoms with Crippen LogP contribution in [0.3, 0.4) is 0 Å². The highest BCUT2D eigenvalue weighted by Crippen LogP contribution is 2.23. The molecule has 0 aliphatic rings. The lowest BCUT2D eigenvalue weighted by Crippen LogP contribution is -2.15. The summed E-state index contributed by atoms with van der Waals surface area (Å²) in [5.74, 6) is -1.38. The lowest BCUT2D eigenvalue weighted by Gasteiger charge is -2.06. The third-order valence-corrected chi connectivity index (χ3v) is 3.27. The van der Waals surface area contributed by atoms with Crippen molar-refractivity contribution in [3.63, 3.8) is 0 Å². The topological polar surface area (TPSA) is 151 Å². The number of anilines is 2. The molecule has 0 aromatic heterocycles. The molecule has 2 aromatic carbocycles. The first-order chi connectivity index (χ1) is 12.4. The fraction of sp³-hybridized carbons (Fsp3) is 0. The Morgan fingerprint density at radius 1 is 1.15 bits per heavy atom. The van der Waals surface area contributed by atoms with Crippen LogP contribution in [0.25, 0.3) is 0 Å². The van der Waals surface area contributed by atoms with E-state index in [0.717, 1.165) is 6.20 Å². The Labute approximate surface area is 147 Å². The number of carbonyl (C=O) groups is 2. The summed E-state index contributed by atoms with van der Waals surface area (Å²) < 4.78 is 0. The summed E-state index contributed by atoms with van der Waals surface area (Å²) >= 11 is 0. The molecule has 0 aliphatic carbocycles. The van der Waals surface area contributed by atoms with Gasteiger partial charge in [-0.15, -0.1) is 0 Å². The standard InChI is InChI=1S/C17H13N5O4/c18-9-12(10-20-13-7-5-11(6-8-13)16(19)23)17(24)21-14-3-1-2-4-15(14)22(25)26/h1-8,10,20H,(H2,19,23)(H,21,24)/b12-10-. The van der Waals surface area contributed by atoms with Crippen LogP contribution in [0.1, 0.15) is 10.4 Å². The lowest BCUT2D eigenvalue weighted by molar-refractivity contribution is -0.383. The predicted molar refractivity (Wildman–Crippen MR) is 94.0 cm³/mol. The largest absolute Gasteiger partial charge is 0.366 e. The molecule has 0 unspecified atom stereocenters. The van der Waals surface area contributed by atoms with Crippen molar-refractivity contribution in [3.8, 4) is 6.07 Å². The molecule has 4 N–H and O–H groups in total. The maximum atomic E-state index is 12.2. The normalized spacial score (nSPS) is 10.5. The first-order valence-corrected chi connectivity index (χ1v) is 7.24. The van der Waals surface area contributed by atoms with Gasteiger partial charge in [0, 0.05) is 23.5 Å². The maximum absolute atomic E-state index is 12.2. The summed E-state index contributed by atoms with van der Waals surface area (Å²) in [6.07, 6.45) is 1.16. The van der Waals surface area contributed by atoms with E-state index in [-0.39, 0.29) is 16.9 Å². The highest BCUT2D eigenvalue weighted by Gasteiger charge is 2.17. The molecule has 9 heteroatoms. The van der Waals surface area contributed by atoms with Crippen LogP contribution in [0.2, 0.25) is 0 Å². The molecule has 9 nitrogen and oxygen atoms in total. The summed E-state index contributed by atoms with van der Waals surface area (Å²) in [5.41, 5.74) is 5.38. The van der Waals surface area contributed by atoms with Crippen molar-refractivity contribution in [2.75, 3.05) is 10.6 Å². The zero-order valence-corrected chi connectivity index (χ0v) is 13.3. The molecule has 0 atom stereocenters. The molecule has 0 aliphatic heterocycles. The van der Waals surface area contributed by atoms with E-state index in [4.69, 9.17) is 11.0 Å². The Balaban J connectivity index is 2.14. The quantitative estimate of drug-likeness (QED) is 0.314. The number of benzene rings is 2. The number of para-hydroxylation sites is 2. The van der Waals surface area contributed by atoms with Crippen LogP contribution in [-0.2, 0) is 4.79 Å². The molecule has 0 fully saturated rings. The van der Waals surface area contributed by atoms with Crippen molar-refractivity contribution < 1.29 is 14.5 Å². The van der Waals surface area contributed by atoms with Crippen molar-refractivity contribution in [1.29, 1.82) is 5.26 Å². The summed E-state index contributed by atoms with van der Waals surface area (Å²) in [6, 6.07) is 13.4. The van der Waals surface area contributed by atoms with E-state index in [0.29, 0.717) is 11.3 Å². The molecule has 2 rings (SSSR count). The number of nitrogens with two attached hydrogens (primary N) is 1. The zero-order chi connectivity index (χ0) is 19.1. The van der Waals surface area contributed by atoms with Crippen LogP contribution in [0, 0.1) is 21.4 Å². The number of nitrogens with zero attached hydrogens (tertiary/aromatic N) is 2. The Bertz CT molecular complexity index is 929. The minimum Gasteiger partial charge on any atom is -0.366 e. The molecule has 0 saturated heterocycles. The minimum atomic E-state index is -0.803. The van der Waals surface area contributed by atoms with Gasteiger partial charge in [-0.3, -0.25) is 19.7 Å². The van der Waals surface area contributed by atoms with Crippen LogP contribution in [0.5, 0.6) is 0 Å². The van der Waals surface area contributed by atoms with E-state index in [1.807, 2.05) is 0 Å². The van der Waals surface area contributed by atoms with E-state index < -0.39 is 16.7 Å². The second-order valence-electron chi connectivity index (χ2n) is 4.98. The first kappa shape index (κ1) is 18.2. The van der Waals surface area contributed by atoms with Crippen LogP contribution >= 0.6 is 0 Å². The number of nitriles is 1. The summed E-state index contributed by atoms with van der Waals surface area (Å²) in [7, 11) is 0. The number of amides is 2. The van der Waals surface area contributed by atoms with Crippen LogP contribution in [-0.4, -0.2) is 16.7 Å². The van der Waals surface area contributed by atoms with Gasteiger partial charge in [0.05, 0.1) is 4.92 Å².